The third kappa shape index (κ3) is 3.35. The summed E-state index contributed by atoms with van der Waals surface area (Å²) in [6.45, 7) is 2.58. The highest BCUT2D eigenvalue weighted by Crippen LogP contribution is 2.31. The monoisotopic (exact) mass is 422 g/mol. The van der Waals surface area contributed by atoms with E-state index >= 15 is 0 Å². The molecular weight excluding hydrogens is 400 g/mol. The number of aromatic nitrogens is 4. The maximum atomic E-state index is 12.1. The number of hydrogen-bond donors (Lipinski definition) is 3. The number of aromatic amines is 2. The van der Waals surface area contributed by atoms with E-state index in [2.05, 4.69) is 31.5 Å². The minimum absolute atomic E-state index is 0.131. The van der Waals surface area contributed by atoms with Crippen molar-refractivity contribution in [2.45, 2.75) is 13.3 Å². The molecule has 0 unspecified atom stereocenters. The standard InChI is InChI=1S/C21H22N6O2S/c1-2-30(28,29)27-9-6-14(7-10-27)20-12-17-19(5-8-22-21(17)25-20)24-16-3-4-18-15(11-16)13-23-26-18/h3-6,8,11-13H,2,7,9-10H2,1H3,(H,23,26)(H2,22,24,25). The molecule has 5 rings (SSSR count). The first-order chi connectivity index (χ1) is 14.5. The lowest BCUT2D eigenvalue weighted by molar-refractivity contribution is 0.442. The molecule has 0 aliphatic carbocycles. The van der Waals surface area contributed by atoms with Gasteiger partial charge in [-0.05, 0) is 49.2 Å². The Bertz CT molecular complexity index is 1370. The SMILES string of the molecule is CCS(=O)(=O)N1CC=C(c2cc3c(Nc4ccc5[nH]ncc5c4)ccnc3[nH]2)CC1. The molecule has 0 radical (unpaired) electrons. The van der Waals surface area contributed by atoms with Crippen LogP contribution in [0.15, 0.2) is 48.8 Å². The number of pyridine rings is 1. The smallest absolute Gasteiger partial charge is 0.214 e. The first-order valence-electron chi connectivity index (χ1n) is 9.88. The van der Waals surface area contributed by atoms with E-state index in [-0.39, 0.29) is 5.75 Å². The third-order valence-corrected chi connectivity index (χ3v) is 7.38. The first-order valence-corrected chi connectivity index (χ1v) is 11.5. The Labute approximate surface area is 174 Å². The van der Waals surface area contributed by atoms with E-state index in [1.807, 2.05) is 30.3 Å². The van der Waals surface area contributed by atoms with Crippen LogP contribution in [0.4, 0.5) is 11.4 Å². The molecule has 4 aromatic rings. The summed E-state index contributed by atoms with van der Waals surface area (Å²) in [6.07, 6.45) is 6.23. The Morgan fingerprint density at radius 1 is 1.23 bits per heavy atom. The maximum absolute atomic E-state index is 12.1. The summed E-state index contributed by atoms with van der Waals surface area (Å²) >= 11 is 0. The zero-order chi connectivity index (χ0) is 20.7. The van der Waals surface area contributed by atoms with Crippen molar-refractivity contribution in [3.8, 4) is 0 Å². The average Bonchev–Trinajstić information content (AvgIpc) is 3.41. The number of hydrogen-bond acceptors (Lipinski definition) is 5. The molecule has 0 saturated carbocycles. The highest BCUT2D eigenvalue weighted by molar-refractivity contribution is 7.89. The van der Waals surface area contributed by atoms with E-state index in [0.717, 1.165) is 44.6 Å². The molecule has 0 fully saturated rings. The summed E-state index contributed by atoms with van der Waals surface area (Å²) in [4.78, 5) is 7.85. The van der Waals surface area contributed by atoms with Crippen LogP contribution < -0.4 is 5.32 Å². The summed E-state index contributed by atoms with van der Waals surface area (Å²) in [5, 5.41) is 12.5. The molecule has 1 aliphatic heterocycles. The summed E-state index contributed by atoms with van der Waals surface area (Å²) in [7, 11) is -3.15. The summed E-state index contributed by atoms with van der Waals surface area (Å²) in [6, 6.07) is 10.1. The molecule has 0 atom stereocenters. The van der Waals surface area contributed by atoms with Gasteiger partial charge in [0.1, 0.15) is 5.65 Å². The molecule has 8 nitrogen and oxygen atoms in total. The number of anilines is 2. The molecule has 4 heterocycles. The van der Waals surface area contributed by atoms with Gasteiger partial charge in [0, 0.05) is 41.4 Å². The number of fused-ring (bicyclic) bond motifs is 2. The molecule has 0 saturated heterocycles. The van der Waals surface area contributed by atoms with Gasteiger partial charge in [0.05, 0.1) is 23.2 Å². The largest absolute Gasteiger partial charge is 0.355 e. The Kier molecular flexibility index (Phi) is 4.56. The van der Waals surface area contributed by atoms with E-state index in [4.69, 9.17) is 0 Å². The van der Waals surface area contributed by atoms with Crippen molar-refractivity contribution >= 4 is 48.9 Å². The van der Waals surface area contributed by atoms with E-state index in [1.54, 1.807) is 19.3 Å². The first kappa shape index (κ1) is 18.8. The molecule has 0 amide bonds. The molecule has 3 aromatic heterocycles. The Balaban J connectivity index is 1.44. The Hall–Kier alpha value is -3.17. The fourth-order valence-corrected chi connectivity index (χ4v) is 4.85. The quantitative estimate of drug-likeness (QED) is 0.455. The van der Waals surface area contributed by atoms with Gasteiger partial charge in [-0.1, -0.05) is 6.08 Å². The maximum Gasteiger partial charge on any atom is 0.214 e. The average molecular weight is 423 g/mol. The van der Waals surface area contributed by atoms with Crippen LogP contribution in [0.2, 0.25) is 0 Å². The topological polar surface area (TPSA) is 107 Å². The fraction of sp³-hybridized carbons (Fsp3) is 0.238. The van der Waals surface area contributed by atoms with Crippen LogP contribution in [-0.2, 0) is 10.0 Å². The van der Waals surface area contributed by atoms with Gasteiger partial charge in [0.15, 0.2) is 0 Å². The van der Waals surface area contributed by atoms with Crippen LogP contribution in [0.3, 0.4) is 0 Å². The van der Waals surface area contributed by atoms with Gasteiger partial charge in [-0.3, -0.25) is 5.10 Å². The van der Waals surface area contributed by atoms with Crippen LogP contribution in [0.5, 0.6) is 0 Å². The van der Waals surface area contributed by atoms with E-state index in [0.29, 0.717) is 19.5 Å². The molecule has 30 heavy (non-hydrogen) atoms. The van der Waals surface area contributed by atoms with Crippen LogP contribution in [0.25, 0.3) is 27.5 Å². The highest BCUT2D eigenvalue weighted by Gasteiger charge is 2.23. The van der Waals surface area contributed by atoms with Gasteiger partial charge in [0.25, 0.3) is 0 Å². The van der Waals surface area contributed by atoms with Gasteiger partial charge in [-0.2, -0.15) is 9.40 Å². The van der Waals surface area contributed by atoms with Gasteiger partial charge in [-0.25, -0.2) is 13.4 Å². The van der Waals surface area contributed by atoms with Crippen LogP contribution in [0.1, 0.15) is 19.0 Å². The van der Waals surface area contributed by atoms with Crippen LogP contribution in [0, 0.1) is 0 Å². The predicted molar refractivity (Wildman–Crippen MR) is 119 cm³/mol. The Morgan fingerprint density at radius 2 is 2.13 bits per heavy atom. The lowest BCUT2D eigenvalue weighted by Gasteiger charge is -2.24. The summed E-state index contributed by atoms with van der Waals surface area (Å²) in [5.74, 6) is 0.131. The summed E-state index contributed by atoms with van der Waals surface area (Å²) in [5.41, 5.74) is 5.80. The normalized spacial score (nSPS) is 15.6. The molecule has 154 valence electrons. The van der Waals surface area contributed by atoms with Gasteiger partial charge in [-0.15, -0.1) is 0 Å². The van der Waals surface area contributed by atoms with Gasteiger partial charge >= 0.3 is 0 Å². The molecule has 1 aromatic carbocycles. The second-order valence-corrected chi connectivity index (χ2v) is 9.60. The molecule has 3 N–H and O–H groups in total. The molecule has 1 aliphatic rings. The number of benzene rings is 1. The lowest BCUT2D eigenvalue weighted by atomic mass is 10.1. The zero-order valence-corrected chi connectivity index (χ0v) is 17.3. The molecule has 0 spiro atoms. The number of sulfonamides is 1. The number of rotatable bonds is 5. The van der Waals surface area contributed by atoms with E-state index < -0.39 is 10.0 Å². The predicted octanol–water partition coefficient (Wildman–Crippen LogP) is 3.62. The van der Waals surface area contributed by atoms with Crippen molar-refractivity contribution in [2.24, 2.45) is 0 Å². The van der Waals surface area contributed by atoms with Crippen molar-refractivity contribution in [3.63, 3.8) is 0 Å². The van der Waals surface area contributed by atoms with Gasteiger partial charge in [0.2, 0.25) is 10.0 Å². The van der Waals surface area contributed by atoms with E-state index in [9.17, 15) is 8.42 Å². The van der Waals surface area contributed by atoms with Crippen molar-refractivity contribution in [3.05, 3.63) is 54.5 Å². The molecule has 9 heteroatoms. The van der Waals surface area contributed by atoms with Crippen LogP contribution in [-0.4, -0.2) is 51.7 Å². The van der Waals surface area contributed by atoms with E-state index in [1.165, 1.54) is 4.31 Å². The number of nitrogens with zero attached hydrogens (tertiary/aromatic N) is 3. The number of nitrogens with one attached hydrogen (secondary N) is 3. The minimum Gasteiger partial charge on any atom is -0.355 e. The van der Waals surface area contributed by atoms with Crippen LogP contribution >= 0.6 is 0 Å². The summed E-state index contributed by atoms with van der Waals surface area (Å²) < 4.78 is 25.7. The van der Waals surface area contributed by atoms with Crippen molar-refractivity contribution in [1.82, 2.24) is 24.5 Å². The van der Waals surface area contributed by atoms with Crippen molar-refractivity contribution in [1.29, 1.82) is 0 Å². The van der Waals surface area contributed by atoms with Crippen molar-refractivity contribution < 1.29 is 8.42 Å². The highest BCUT2D eigenvalue weighted by atomic mass is 32.2. The molecule has 0 bridgehead atoms. The van der Waals surface area contributed by atoms with Gasteiger partial charge < -0.3 is 10.3 Å². The third-order valence-electron chi connectivity index (χ3n) is 5.53. The lowest BCUT2D eigenvalue weighted by Crippen LogP contribution is -2.35. The second-order valence-electron chi connectivity index (χ2n) is 7.34. The number of H-pyrrole nitrogens is 2. The Morgan fingerprint density at radius 3 is 2.93 bits per heavy atom. The van der Waals surface area contributed by atoms with Crippen molar-refractivity contribution in [2.75, 3.05) is 24.2 Å². The fourth-order valence-electron chi connectivity index (χ4n) is 3.82. The second kappa shape index (κ2) is 7.26. The minimum atomic E-state index is -3.15. The zero-order valence-electron chi connectivity index (χ0n) is 16.5. The molecular formula is C21H22N6O2S.